The first-order valence-electron chi connectivity index (χ1n) is 11.1. The lowest BCUT2D eigenvalue weighted by Crippen LogP contribution is -2.31. The van der Waals surface area contributed by atoms with E-state index in [1.807, 2.05) is 36.4 Å². The topological polar surface area (TPSA) is 72.5 Å². The molecule has 1 amide bonds. The van der Waals surface area contributed by atoms with Gasteiger partial charge in [0.05, 0.1) is 16.1 Å². The van der Waals surface area contributed by atoms with Gasteiger partial charge in [-0.1, -0.05) is 105 Å². The minimum Gasteiger partial charge on any atom is -0.449 e. The van der Waals surface area contributed by atoms with E-state index in [0.717, 1.165) is 10.0 Å². The predicted molar refractivity (Wildman–Crippen MR) is 147 cm³/mol. The van der Waals surface area contributed by atoms with Gasteiger partial charge >= 0.3 is 5.97 Å². The number of para-hydroxylation sites is 1. The summed E-state index contributed by atoms with van der Waals surface area (Å²) in [5.41, 5.74) is 2.07. The van der Waals surface area contributed by atoms with Crippen LogP contribution < -0.4 is 5.32 Å². The number of alkyl halides is 1. The molecule has 180 valence electrons. The van der Waals surface area contributed by atoms with Crippen molar-refractivity contribution in [3.05, 3.63) is 136 Å². The van der Waals surface area contributed by atoms with Crippen LogP contribution in [0.3, 0.4) is 0 Å². The molecule has 4 aromatic rings. The molecule has 0 saturated carbocycles. The fourth-order valence-corrected chi connectivity index (χ4v) is 4.49. The Hall–Kier alpha value is -3.55. The van der Waals surface area contributed by atoms with Crippen molar-refractivity contribution in [1.29, 1.82) is 0 Å². The lowest BCUT2D eigenvalue weighted by molar-refractivity contribution is 0.0283. The standard InChI is InChI=1S/C29H21Br2NO4/c30-22-17-15-21(16-18-22)28(34)32-24-14-8-7-13-23(24)29(35)36-27(25(31)19-9-3-1-4-10-19)26(33)20-11-5-2-6-12-20/h1-18,25,27H,(H,32,34)/t25-,27+/m0/s1. The summed E-state index contributed by atoms with van der Waals surface area (Å²) in [5, 5.41) is 2.77. The number of carbonyl (C=O) groups excluding carboxylic acids is 3. The van der Waals surface area contributed by atoms with Crippen LogP contribution >= 0.6 is 31.9 Å². The van der Waals surface area contributed by atoms with Crippen molar-refractivity contribution >= 4 is 55.2 Å². The van der Waals surface area contributed by atoms with E-state index < -0.39 is 16.9 Å². The Morgan fingerprint density at radius 1 is 0.694 bits per heavy atom. The Labute approximate surface area is 225 Å². The minimum absolute atomic E-state index is 0.140. The number of hydrogen-bond acceptors (Lipinski definition) is 4. The van der Waals surface area contributed by atoms with Crippen LogP contribution in [0.25, 0.3) is 0 Å². The summed E-state index contributed by atoms with van der Waals surface area (Å²) >= 11 is 6.92. The molecule has 0 unspecified atom stereocenters. The third-order valence-corrected chi connectivity index (χ3v) is 6.97. The Morgan fingerprint density at radius 3 is 1.94 bits per heavy atom. The van der Waals surface area contributed by atoms with Gasteiger partial charge in [0.15, 0.2) is 6.10 Å². The van der Waals surface area contributed by atoms with Crippen LogP contribution in [0.15, 0.2) is 114 Å². The highest BCUT2D eigenvalue weighted by Crippen LogP contribution is 2.32. The van der Waals surface area contributed by atoms with Gasteiger partial charge in [0.2, 0.25) is 5.78 Å². The maximum absolute atomic E-state index is 13.4. The van der Waals surface area contributed by atoms with Gasteiger partial charge in [-0.2, -0.15) is 0 Å². The van der Waals surface area contributed by atoms with Crippen molar-refractivity contribution in [2.24, 2.45) is 0 Å². The highest BCUT2D eigenvalue weighted by Gasteiger charge is 2.33. The Kier molecular flexibility index (Phi) is 8.46. The molecule has 1 N–H and O–H groups in total. The van der Waals surface area contributed by atoms with Gasteiger partial charge in [0.1, 0.15) is 0 Å². The second-order valence-electron chi connectivity index (χ2n) is 7.88. The summed E-state index contributed by atoms with van der Waals surface area (Å²) in [7, 11) is 0. The number of amides is 1. The summed E-state index contributed by atoms with van der Waals surface area (Å²) < 4.78 is 6.67. The monoisotopic (exact) mass is 605 g/mol. The number of nitrogens with one attached hydrogen (secondary N) is 1. The Bertz CT molecular complexity index is 1360. The molecular formula is C29H21Br2NO4. The van der Waals surface area contributed by atoms with Crippen LogP contribution in [0.5, 0.6) is 0 Å². The molecule has 4 rings (SSSR count). The molecule has 0 heterocycles. The van der Waals surface area contributed by atoms with Gasteiger partial charge in [-0.3, -0.25) is 9.59 Å². The van der Waals surface area contributed by atoms with E-state index in [1.54, 1.807) is 72.8 Å². The van der Waals surface area contributed by atoms with E-state index in [2.05, 4.69) is 37.2 Å². The predicted octanol–water partition coefficient (Wildman–Crippen LogP) is 7.25. The van der Waals surface area contributed by atoms with Gasteiger partial charge in [0.25, 0.3) is 5.91 Å². The molecule has 0 aliphatic heterocycles. The van der Waals surface area contributed by atoms with Crippen LogP contribution in [0.1, 0.15) is 41.5 Å². The molecule has 0 aliphatic carbocycles. The van der Waals surface area contributed by atoms with Gasteiger partial charge in [-0.15, -0.1) is 0 Å². The van der Waals surface area contributed by atoms with Gasteiger partial charge in [0, 0.05) is 15.6 Å². The van der Waals surface area contributed by atoms with Crippen molar-refractivity contribution in [1.82, 2.24) is 0 Å². The van der Waals surface area contributed by atoms with E-state index in [-0.39, 0.29) is 22.9 Å². The number of Topliss-reactive ketones (excluding diaryl/α,β-unsaturated/α-hetero) is 1. The van der Waals surface area contributed by atoms with E-state index in [4.69, 9.17) is 4.74 Å². The van der Waals surface area contributed by atoms with Crippen LogP contribution in [0.4, 0.5) is 5.69 Å². The number of ketones is 1. The van der Waals surface area contributed by atoms with Crippen molar-refractivity contribution in [3.63, 3.8) is 0 Å². The summed E-state index contributed by atoms with van der Waals surface area (Å²) in [6.45, 7) is 0. The number of rotatable bonds is 8. The molecule has 0 radical (unpaired) electrons. The zero-order valence-corrected chi connectivity index (χ0v) is 22.1. The fourth-order valence-electron chi connectivity index (χ4n) is 3.57. The third kappa shape index (κ3) is 6.17. The highest BCUT2D eigenvalue weighted by molar-refractivity contribution is 9.10. The lowest BCUT2D eigenvalue weighted by Gasteiger charge is -2.23. The van der Waals surface area contributed by atoms with Crippen LogP contribution in [-0.4, -0.2) is 23.8 Å². The molecule has 7 heteroatoms. The van der Waals surface area contributed by atoms with Gasteiger partial charge in [-0.05, 0) is 42.0 Å². The Morgan fingerprint density at radius 2 is 1.28 bits per heavy atom. The molecular weight excluding hydrogens is 586 g/mol. The molecule has 0 spiro atoms. The zero-order valence-electron chi connectivity index (χ0n) is 18.9. The molecule has 4 aromatic carbocycles. The zero-order chi connectivity index (χ0) is 25.5. The molecule has 0 saturated heterocycles. The van der Waals surface area contributed by atoms with Crippen molar-refractivity contribution in [2.45, 2.75) is 10.9 Å². The maximum Gasteiger partial charge on any atom is 0.341 e. The number of hydrogen-bond donors (Lipinski definition) is 1. The molecule has 5 nitrogen and oxygen atoms in total. The van der Waals surface area contributed by atoms with E-state index >= 15 is 0 Å². The second kappa shape index (κ2) is 11.9. The second-order valence-corrected chi connectivity index (χ2v) is 9.78. The number of benzene rings is 4. The number of anilines is 1. The smallest absolute Gasteiger partial charge is 0.341 e. The molecule has 0 aromatic heterocycles. The fraction of sp³-hybridized carbons (Fsp3) is 0.0690. The molecule has 0 aliphatic rings. The van der Waals surface area contributed by atoms with E-state index in [1.165, 1.54) is 0 Å². The molecule has 36 heavy (non-hydrogen) atoms. The first-order valence-corrected chi connectivity index (χ1v) is 12.8. The molecule has 2 atom stereocenters. The van der Waals surface area contributed by atoms with Crippen LogP contribution in [0.2, 0.25) is 0 Å². The average molecular weight is 607 g/mol. The summed E-state index contributed by atoms with van der Waals surface area (Å²) in [4.78, 5) is 39.0. The average Bonchev–Trinajstić information content (AvgIpc) is 2.92. The van der Waals surface area contributed by atoms with Crippen molar-refractivity contribution in [3.8, 4) is 0 Å². The van der Waals surface area contributed by atoms with E-state index in [0.29, 0.717) is 11.1 Å². The summed E-state index contributed by atoms with van der Waals surface area (Å²) in [6, 6.07) is 31.4. The minimum atomic E-state index is -1.14. The van der Waals surface area contributed by atoms with Gasteiger partial charge < -0.3 is 10.1 Å². The normalized spacial score (nSPS) is 12.3. The quantitative estimate of drug-likeness (QED) is 0.130. The number of halogens is 2. The summed E-state index contributed by atoms with van der Waals surface area (Å²) in [6.07, 6.45) is -1.14. The maximum atomic E-state index is 13.4. The van der Waals surface area contributed by atoms with Crippen LogP contribution in [-0.2, 0) is 4.74 Å². The third-order valence-electron chi connectivity index (χ3n) is 5.44. The van der Waals surface area contributed by atoms with E-state index in [9.17, 15) is 14.4 Å². The SMILES string of the molecule is O=C(Nc1ccccc1C(=O)O[C@@H](C(=O)c1ccccc1)[C@@H](Br)c1ccccc1)c1ccc(Br)cc1. The Balaban J connectivity index is 1.61. The van der Waals surface area contributed by atoms with Gasteiger partial charge in [-0.25, -0.2) is 4.79 Å². The van der Waals surface area contributed by atoms with Crippen molar-refractivity contribution < 1.29 is 19.1 Å². The van der Waals surface area contributed by atoms with Crippen molar-refractivity contribution in [2.75, 3.05) is 5.32 Å². The lowest BCUT2D eigenvalue weighted by atomic mass is 9.99. The largest absolute Gasteiger partial charge is 0.449 e. The highest BCUT2D eigenvalue weighted by atomic mass is 79.9. The first kappa shape index (κ1) is 25.5. The first-order chi connectivity index (χ1) is 17.4. The number of carbonyl (C=O) groups is 3. The number of esters is 1. The molecule has 0 fully saturated rings. The molecule has 0 bridgehead atoms. The number of ether oxygens (including phenoxy) is 1. The van der Waals surface area contributed by atoms with Crippen LogP contribution in [0, 0.1) is 0 Å². The summed E-state index contributed by atoms with van der Waals surface area (Å²) in [5.74, 6) is -1.44.